The van der Waals surface area contributed by atoms with Gasteiger partial charge < -0.3 is 19.9 Å². The molecule has 3 rings (SSSR count). The summed E-state index contributed by atoms with van der Waals surface area (Å²) in [6, 6.07) is -5.44. The molecule has 1 atom stereocenters. The number of alkyl carbamates (subject to hydrolysis) is 1. The number of aromatic nitrogens is 1. The molecule has 1 saturated heterocycles. The molecule has 1 aliphatic heterocycles. The standard InChI is InChI=1S/C16H21N3O2/c1-19(2)6-5-12-9-17-15-4-3-11(8-14(12)15)7-13-10-21-16(20)18-13/h3-4,8-9,13,17H,5-7,10H2,1-2H3,(H,18,20)/t13-/m0/s1/i3D,4D,5D2,7D2,8D,9D,10D2,13D. The van der Waals surface area contributed by atoms with Crippen molar-refractivity contribution in [3.63, 3.8) is 0 Å². The number of benzene rings is 1. The molecular formula is C16H21N3O2. The molecule has 5 nitrogen and oxygen atoms in total. The van der Waals surface area contributed by atoms with Crippen molar-refractivity contribution in [3.05, 3.63) is 35.4 Å². The van der Waals surface area contributed by atoms with Crippen molar-refractivity contribution in [1.29, 1.82) is 0 Å². The van der Waals surface area contributed by atoms with Crippen LogP contribution in [0.5, 0.6) is 0 Å². The molecule has 0 radical (unpaired) electrons. The Hall–Kier alpha value is -2.01. The monoisotopic (exact) mass is 298 g/mol. The van der Waals surface area contributed by atoms with Crippen LogP contribution in [0.25, 0.3) is 10.9 Å². The summed E-state index contributed by atoms with van der Waals surface area (Å²) < 4.78 is 95.4. The van der Waals surface area contributed by atoms with Gasteiger partial charge in [0.1, 0.15) is 6.56 Å². The predicted octanol–water partition coefficient (Wildman–Crippen LogP) is 1.92. The number of hydrogen-bond acceptors (Lipinski definition) is 3. The molecule has 1 aromatic carbocycles. The van der Waals surface area contributed by atoms with Gasteiger partial charge in [0.05, 0.1) is 15.6 Å². The topological polar surface area (TPSA) is 57.4 Å². The van der Waals surface area contributed by atoms with E-state index in [0.29, 0.717) is 0 Å². The first-order valence-corrected chi connectivity index (χ1v) is 6.18. The van der Waals surface area contributed by atoms with Crippen LogP contribution in [0.1, 0.15) is 26.2 Å². The molecule has 2 aromatic rings. The number of aromatic amines is 1. The van der Waals surface area contributed by atoms with Crippen LogP contribution >= 0.6 is 0 Å². The van der Waals surface area contributed by atoms with Gasteiger partial charge in [0, 0.05) is 29.1 Å². The van der Waals surface area contributed by atoms with Crippen LogP contribution in [0.3, 0.4) is 0 Å². The first-order chi connectivity index (χ1) is 14.4. The minimum atomic E-state index is -3.26. The summed E-state index contributed by atoms with van der Waals surface area (Å²) in [5, 5.41) is 1.44. The maximum absolute atomic E-state index is 11.6. The van der Waals surface area contributed by atoms with Crippen molar-refractivity contribution < 1.29 is 24.6 Å². The average Bonchev–Trinajstić information content (AvgIpc) is 3.06. The molecule has 0 bridgehead atoms. The fraction of sp³-hybridized carbons (Fsp3) is 0.438. The highest BCUT2D eigenvalue weighted by Gasteiger charge is 2.22. The van der Waals surface area contributed by atoms with Gasteiger partial charge in [-0.2, -0.15) is 0 Å². The van der Waals surface area contributed by atoms with E-state index in [0.717, 1.165) is 0 Å². The highest BCUT2D eigenvalue weighted by Crippen LogP contribution is 2.21. The highest BCUT2D eigenvalue weighted by atomic mass is 16.6. The van der Waals surface area contributed by atoms with E-state index < -0.39 is 61.3 Å². The quantitative estimate of drug-likeness (QED) is 0.887. The predicted molar refractivity (Wildman–Crippen MR) is 82.5 cm³/mol. The maximum atomic E-state index is 11.6. The minimum absolute atomic E-state index is 0.210. The Labute approximate surface area is 139 Å². The summed E-state index contributed by atoms with van der Waals surface area (Å²) in [5.74, 6) is 0. The Bertz CT molecular complexity index is 1110. The van der Waals surface area contributed by atoms with Crippen molar-refractivity contribution in [3.8, 4) is 0 Å². The lowest BCUT2D eigenvalue weighted by Gasteiger charge is -2.09. The van der Waals surface area contributed by atoms with E-state index in [1.807, 2.05) is 0 Å². The Balaban J connectivity index is 2.40. The van der Waals surface area contributed by atoms with E-state index in [4.69, 9.17) is 15.1 Å². The van der Waals surface area contributed by atoms with E-state index in [-0.39, 0.29) is 23.0 Å². The van der Waals surface area contributed by atoms with Crippen molar-refractivity contribution in [2.24, 2.45) is 0 Å². The smallest absolute Gasteiger partial charge is 0.407 e. The van der Waals surface area contributed by atoms with E-state index in [1.54, 1.807) is 19.4 Å². The van der Waals surface area contributed by atoms with Gasteiger partial charge in [-0.25, -0.2) is 4.79 Å². The summed E-state index contributed by atoms with van der Waals surface area (Å²) in [6.45, 7) is -3.40. The van der Waals surface area contributed by atoms with E-state index in [1.165, 1.54) is 4.90 Å². The normalized spacial score (nSPS) is 33.1. The molecule has 0 aliphatic carbocycles. The number of fused-ring (bicyclic) bond motifs is 1. The van der Waals surface area contributed by atoms with E-state index in [9.17, 15) is 4.79 Å². The van der Waals surface area contributed by atoms with Gasteiger partial charge in [-0.3, -0.25) is 0 Å². The number of carbonyl (C=O) groups excluding carboxylic acids is 1. The zero-order valence-corrected chi connectivity index (χ0v) is 11.5. The van der Waals surface area contributed by atoms with E-state index in [2.05, 4.69) is 9.72 Å². The van der Waals surface area contributed by atoms with Gasteiger partial charge in [0.15, 0.2) is 0 Å². The molecule has 1 aliphatic rings. The van der Waals surface area contributed by atoms with Crippen LogP contribution in [-0.4, -0.2) is 49.2 Å². The molecule has 0 spiro atoms. The zero-order chi connectivity index (χ0) is 24.6. The average molecular weight is 298 g/mol. The summed E-state index contributed by atoms with van der Waals surface area (Å²) in [4.78, 5) is 15.6. The van der Waals surface area contributed by atoms with Crippen molar-refractivity contribution in [2.75, 3.05) is 27.2 Å². The van der Waals surface area contributed by atoms with Gasteiger partial charge >= 0.3 is 6.09 Å². The fourth-order valence-corrected chi connectivity index (χ4v) is 1.74. The van der Waals surface area contributed by atoms with Gasteiger partial charge in [0.2, 0.25) is 0 Å². The summed E-state index contributed by atoms with van der Waals surface area (Å²) >= 11 is 0. The van der Waals surface area contributed by atoms with E-state index >= 15 is 0 Å². The number of nitrogens with one attached hydrogen (secondary N) is 2. The number of likely N-dealkylation sites (N-methyl/N-ethyl adjacent to an activating group) is 1. The zero-order valence-electron chi connectivity index (χ0n) is 22.5. The molecule has 112 valence electrons. The van der Waals surface area contributed by atoms with Crippen LogP contribution in [0.15, 0.2) is 24.3 Å². The Morgan fingerprint density at radius 1 is 1.62 bits per heavy atom. The van der Waals surface area contributed by atoms with Crippen LogP contribution in [0.2, 0.25) is 0 Å². The number of hydrogen-bond donors (Lipinski definition) is 2. The number of nitrogens with zero attached hydrogens (tertiary/aromatic N) is 1. The van der Waals surface area contributed by atoms with Crippen molar-refractivity contribution >= 4 is 17.0 Å². The van der Waals surface area contributed by atoms with Gasteiger partial charge in [-0.1, -0.05) is 6.04 Å². The molecule has 0 unspecified atom stereocenters. The Morgan fingerprint density at radius 3 is 3.19 bits per heavy atom. The third-order valence-electron chi connectivity index (χ3n) is 2.67. The second-order valence-electron chi connectivity index (χ2n) is 4.66. The Morgan fingerprint density at radius 2 is 2.48 bits per heavy atom. The lowest BCUT2D eigenvalue weighted by molar-refractivity contribution is 0.177. The van der Waals surface area contributed by atoms with Crippen molar-refractivity contribution in [2.45, 2.75) is 18.8 Å². The number of rotatable bonds is 5. The lowest BCUT2D eigenvalue weighted by Crippen LogP contribution is -2.28. The lowest BCUT2D eigenvalue weighted by atomic mass is 10.0. The summed E-state index contributed by atoms with van der Waals surface area (Å²) in [6.07, 6.45) is -7.34. The Kier molecular flexibility index (Phi) is 1.65. The second kappa shape index (κ2) is 5.77. The number of cyclic esters (lactones) is 1. The maximum Gasteiger partial charge on any atom is 0.407 e. The molecule has 2 N–H and O–H groups in total. The third kappa shape index (κ3) is 3.19. The van der Waals surface area contributed by atoms with Crippen molar-refractivity contribution in [1.82, 2.24) is 15.2 Å². The highest BCUT2D eigenvalue weighted by molar-refractivity contribution is 5.84. The molecular weight excluding hydrogens is 266 g/mol. The van der Waals surface area contributed by atoms with Gasteiger partial charge in [-0.15, -0.1) is 0 Å². The fourth-order valence-electron chi connectivity index (χ4n) is 1.74. The second-order valence-corrected chi connectivity index (χ2v) is 4.66. The molecule has 1 fully saturated rings. The minimum Gasteiger partial charge on any atom is -0.447 e. The molecule has 5 heteroatoms. The van der Waals surface area contributed by atoms with Gasteiger partial charge in [0.25, 0.3) is 0 Å². The molecule has 2 heterocycles. The summed E-state index contributed by atoms with van der Waals surface area (Å²) in [5.41, 5.74) is -1.46. The number of carbonyl (C=O) groups is 1. The number of H-pyrrole nitrogens is 1. The van der Waals surface area contributed by atoms with Crippen LogP contribution in [0, 0.1) is 0 Å². The van der Waals surface area contributed by atoms with Crippen LogP contribution in [0.4, 0.5) is 4.79 Å². The largest absolute Gasteiger partial charge is 0.447 e. The SMILES string of the molecule is [2H]c1[nH]c2c([2H])c([2H])c(C([2H])([2H])[C@]3([2H])NC(=O)OC3([2H])[2H])c([2H])c2c1C([2H])([2H])CN(C)C. The molecule has 0 saturated carbocycles. The molecule has 21 heavy (non-hydrogen) atoms. The molecule has 1 aromatic heterocycles. The first-order valence-electron chi connectivity index (χ1n) is 11.7. The molecule has 1 amide bonds. The third-order valence-corrected chi connectivity index (χ3v) is 2.67. The van der Waals surface area contributed by atoms with Crippen LogP contribution in [-0.2, 0) is 17.5 Å². The first kappa shape index (κ1) is 6.01. The van der Waals surface area contributed by atoms with Crippen LogP contribution < -0.4 is 5.32 Å². The van der Waals surface area contributed by atoms with Gasteiger partial charge in [-0.05, 0) is 50.1 Å². The number of amides is 1. The number of ether oxygens (including phenoxy) is 1. The summed E-state index contributed by atoms with van der Waals surface area (Å²) in [7, 11) is 3.18.